The van der Waals surface area contributed by atoms with E-state index in [-0.39, 0.29) is 0 Å². The summed E-state index contributed by atoms with van der Waals surface area (Å²) in [6.07, 6.45) is 4.29. The predicted molar refractivity (Wildman–Crippen MR) is 118 cm³/mol. The minimum atomic E-state index is -0.706. The lowest BCUT2D eigenvalue weighted by molar-refractivity contribution is 0.122. The molecule has 1 aliphatic carbocycles. The van der Waals surface area contributed by atoms with E-state index in [4.69, 9.17) is 4.74 Å². The maximum Gasteiger partial charge on any atom is 0.191 e. The molecule has 0 spiro atoms. The first-order valence-corrected chi connectivity index (χ1v) is 11.8. The molecule has 1 aliphatic heterocycles. The molecule has 2 fully saturated rings. The third-order valence-corrected chi connectivity index (χ3v) is 7.38. The van der Waals surface area contributed by atoms with Gasteiger partial charge in [0.1, 0.15) is 0 Å². The van der Waals surface area contributed by atoms with Crippen molar-refractivity contribution < 1.29 is 8.95 Å². The average Bonchev–Trinajstić information content (AvgIpc) is 2.77. The van der Waals surface area contributed by atoms with Crippen LogP contribution in [0.5, 0.6) is 0 Å². The van der Waals surface area contributed by atoms with Crippen LogP contribution >= 0.6 is 0 Å². The Bertz CT molecular complexity index is 676. The Morgan fingerprint density at radius 3 is 2.82 bits per heavy atom. The fraction of sp³-hybridized carbons (Fsp3) is 0.667. The molecule has 28 heavy (non-hydrogen) atoms. The summed E-state index contributed by atoms with van der Waals surface area (Å²) in [5.41, 5.74) is 2.53. The van der Waals surface area contributed by atoms with E-state index in [2.05, 4.69) is 44.8 Å². The third kappa shape index (κ3) is 5.70. The molecule has 0 amide bonds. The van der Waals surface area contributed by atoms with Gasteiger partial charge in [-0.3, -0.25) is 9.20 Å². The van der Waals surface area contributed by atoms with Gasteiger partial charge < -0.3 is 20.3 Å². The van der Waals surface area contributed by atoms with Crippen LogP contribution in [-0.2, 0) is 22.1 Å². The molecular formula is C21H34N4O2S. The van der Waals surface area contributed by atoms with Gasteiger partial charge >= 0.3 is 0 Å². The molecule has 1 heterocycles. The first-order chi connectivity index (χ1) is 13.7. The number of hydrogen-bond acceptors (Lipinski definition) is 4. The van der Waals surface area contributed by atoms with Gasteiger partial charge in [-0.05, 0) is 30.9 Å². The van der Waals surface area contributed by atoms with Crippen molar-refractivity contribution in [1.29, 1.82) is 0 Å². The summed E-state index contributed by atoms with van der Waals surface area (Å²) in [6, 6.07) is 8.88. The summed E-state index contributed by atoms with van der Waals surface area (Å²) in [5, 5.41) is 7.35. The quantitative estimate of drug-likeness (QED) is 0.560. The van der Waals surface area contributed by atoms with Crippen LogP contribution in [0.15, 0.2) is 29.3 Å². The molecule has 7 heteroatoms. The monoisotopic (exact) mass is 406 g/mol. The number of ether oxygens (including phenoxy) is 1. The van der Waals surface area contributed by atoms with Crippen molar-refractivity contribution in [3.8, 4) is 0 Å². The molecule has 0 radical (unpaired) electrons. The van der Waals surface area contributed by atoms with E-state index >= 15 is 0 Å². The van der Waals surface area contributed by atoms with Crippen molar-refractivity contribution in [1.82, 2.24) is 10.6 Å². The summed E-state index contributed by atoms with van der Waals surface area (Å²) >= 11 is 0. The molecule has 2 N–H and O–H groups in total. The molecule has 3 atom stereocenters. The lowest BCUT2D eigenvalue weighted by Crippen LogP contribution is -2.46. The molecule has 2 aliphatic rings. The molecule has 3 unspecified atom stereocenters. The molecule has 1 aromatic carbocycles. The highest BCUT2D eigenvalue weighted by molar-refractivity contribution is 7.85. The SMILES string of the molecule is CCS(=O)C1CCCC(NC(=NC)NCc2ccccc2N2CCOCC2)C1. The van der Waals surface area contributed by atoms with Gasteiger partial charge in [-0.25, -0.2) is 0 Å². The summed E-state index contributed by atoms with van der Waals surface area (Å²) in [6.45, 7) is 6.17. The second-order valence-electron chi connectivity index (χ2n) is 7.45. The first kappa shape index (κ1) is 21.1. The minimum absolute atomic E-state index is 0.316. The summed E-state index contributed by atoms with van der Waals surface area (Å²) in [7, 11) is 1.11. The molecular weight excluding hydrogens is 372 g/mol. The van der Waals surface area contributed by atoms with Crippen molar-refractivity contribution in [3.05, 3.63) is 29.8 Å². The Hall–Kier alpha value is -1.60. The van der Waals surface area contributed by atoms with E-state index in [1.807, 2.05) is 14.0 Å². The number of nitrogens with zero attached hydrogens (tertiary/aromatic N) is 2. The van der Waals surface area contributed by atoms with Crippen LogP contribution in [0.2, 0.25) is 0 Å². The maximum atomic E-state index is 12.2. The highest BCUT2D eigenvalue weighted by Gasteiger charge is 2.26. The van der Waals surface area contributed by atoms with Crippen LogP contribution in [0.25, 0.3) is 0 Å². The van der Waals surface area contributed by atoms with Crippen LogP contribution in [0.3, 0.4) is 0 Å². The first-order valence-electron chi connectivity index (χ1n) is 10.5. The zero-order valence-electron chi connectivity index (χ0n) is 17.2. The van der Waals surface area contributed by atoms with Crippen LogP contribution < -0.4 is 15.5 Å². The predicted octanol–water partition coefficient (Wildman–Crippen LogP) is 2.27. The maximum absolute atomic E-state index is 12.2. The molecule has 1 saturated carbocycles. The number of guanidine groups is 1. The van der Waals surface area contributed by atoms with Crippen molar-refractivity contribution in [2.45, 2.75) is 50.4 Å². The van der Waals surface area contributed by atoms with E-state index in [0.717, 1.165) is 70.2 Å². The molecule has 1 saturated heterocycles. The highest BCUT2D eigenvalue weighted by atomic mass is 32.2. The Morgan fingerprint density at radius 1 is 1.29 bits per heavy atom. The molecule has 0 bridgehead atoms. The normalized spacial score (nSPS) is 24.6. The van der Waals surface area contributed by atoms with Gasteiger partial charge in [0.15, 0.2) is 5.96 Å². The van der Waals surface area contributed by atoms with E-state index in [0.29, 0.717) is 11.3 Å². The lowest BCUT2D eigenvalue weighted by atomic mass is 9.95. The van der Waals surface area contributed by atoms with E-state index < -0.39 is 10.8 Å². The lowest BCUT2D eigenvalue weighted by Gasteiger charge is -2.31. The standard InChI is InChI=1S/C21H34N4O2S/c1-3-28(26)19-9-6-8-18(15-19)24-21(22-2)23-16-17-7-4-5-10-20(17)25-11-13-27-14-12-25/h4-5,7,10,18-19H,3,6,8-9,11-16H2,1-2H3,(H2,22,23,24). The number of morpholine rings is 1. The van der Waals surface area contributed by atoms with Crippen molar-refractivity contribution in [2.75, 3.05) is 44.0 Å². The fourth-order valence-corrected chi connectivity index (χ4v) is 5.44. The molecule has 1 aromatic rings. The second kappa shape index (κ2) is 10.8. The second-order valence-corrected chi connectivity index (χ2v) is 9.46. The van der Waals surface area contributed by atoms with E-state index in [1.54, 1.807) is 0 Å². The minimum Gasteiger partial charge on any atom is -0.378 e. The molecule has 6 nitrogen and oxygen atoms in total. The van der Waals surface area contributed by atoms with Gasteiger partial charge in [-0.1, -0.05) is 31.5 Å². The van der Waals surface area contributed by atoms with Crippen LogP contribution in [0.4, 0.5) is 5.69 Å². The van der Waals surface area contributed by atoms with Gasteiger partial charge in [-0.2, -0.15) is 0 Å². The van der Waals surface area contributed by atoms with Crippen LogP contribution in [0, 0.1) is 0 Å². The highest BCUT2D eigenvalue weighted by Crippen LogP contribution is 2.23. The number of benzene rings is 1. The van der Waals surface area contributed by atoms with Crippen molar-refractivity contribution in [3.63, 3.8) is 0 Å². The number of nitrogens with one attached hydrogen (secondary N) is 2. The topological polar surface area (TPSA) is 66.0 Å². The molecule has 156 valence electrons. The van der Waals surface area contributed by atoms with Crippen molar-refractivity contribution >= 4 is 22.4 Å². The number of anilines is 1. The molecule has 0 aromatic heterocycles. The van der Waals surface area contributed by atoms with Crippen LogP contribution in [0.1, 0.15) is 38.2 Å². The van der Waals surface area contributed by atoms with E-state index in [1.165, 1.54) is 11.3 Å². The van der Waals surface area contributed by atoms with Gasteiger partial charge in [0.2, 0.25) is 0 Å². The number of aliphatic imine (C=N–C) groups is 1. The summed E-state index contributed by atoms with van der Waals surface area (Å²) in [5.74, 6) is 1.58. The van der Waals surface area contributed by atoms with Gasteiger partial charge in [0.05, 0.1) is 13.2 Å². The fourth-order valence-electron chi connectivity index (χ4n) is 4.09. The van der Waals surface area contributed by atoms with E-state index in [9.17, 15) is 4.21 Å². The number of rotatable bonds is 6. The zero-order valence-corrected chi connectivity index (χ0v) is 18.0. The zero-order chi connectivity index (χ0) is 19.8. The van der Waals surface area contributed by atoms with Gasteiger partial charge in [-0.15, -0.1) is 0 Å². The summed E-state index contributed by atoms with van der Waals surface area (Å²) < 4.78 is 17.7. The van der Waals surface area contributed by atoms with Crippen LogP contribution in [-0.4, -0.2) is 60.6 Å². The molecule has 3 rings (SSSR count). The largest absolute Gasteiger partial charge is 0.378 e. The Kier molecular flexibility index (Phi) is 8.15. The smallest absolute Gasteiger partial charge is 0.191 e. The van der Waals surface area contributed by atoms with Crippen molar-refractivity contribution in [2.24, 2.45) is 4.99 Å². The Labute approximate surface area is 171 Å². The number of hydrogen-bond donors (Lipinski definition) is 2. The Balaban J connectivity index is 1.57. The van der Waals surface area contributed by atoms with Gasteiger partial charge in [0.25, 0.3) is 0 Å². The average molecular weight is 407 g/mol. The third-order valence-electron chi connectivity index (χ3n) is 5.64. The number of para-hydroxylation sites is 1. The Morgan fingerprint density at radius 2 is 2.07 bits per heavy atom. The van der Waals surface area contributed by atoms with Gasteiger partial charge in [0, 0.05) is 60.2 Å². The summed E-state index contributed by atoms with van der Waals surface area (Å²) in [4.78, 5) is 6.81.